The average molecular weight is 340 g/mol. The van der Waals surface area contributed by atoms with Crippen LogP contribution in [0.3, 0.4) is 0 Å². The van der Waals surface area contributed by atoms with Crippen molar-refractivity contribution in [2.75, 3.05) is 11.1 Å². The van der Waals surface area contributed by atoms with Crippen LogP contribution in [-0.4, -0.2) is 27.1 Å². The molecule has 1 heterocycles. The number of aryl methyl sites for hydroxylation is 1. The molecular weight excluding hydrogens is 322 g/mol. The Morgan fingerprint density at radius 1 is 1.29 bits per heavy atom. The molecule has 4 nitrogen and oxygen atoms in total. The van der Waals surface area contributed by atoms with Crippen LogP contribution in [0.25, 0.3) is 0 Å². The molecule has 1 amide bonds. The predicted molar refractivity (Wildman–Crippen MR) is 91.4 cm³/mol. The van der Waals surface area contributed by atoms with Gasteiger partial charge in [0.25, 0.3) is 0 Å². The third-order valence-corrected chi connectivity index (χ3v) is 5.74. The molecule has 1 atom stereocenters. The molecule has 1 aromatic carbocycles. The van der Waals surface area contributed by atoms with Crippen molar-refractivity contribution in [3.63, 3.8) is 0 Å². The van der Waals surface area contributed by atoms with Crippen LogP contribution in [0.15, 0.2) is 32.9 Å². The Bertz CT molecular complexity index is 598. The van der Waals surface area contributed by atoms with E-state index in [0.29, 0.717) is 0 Å². The predicted octanol–water partition coefficient (Wildman–Crippen LogP) is 4.08. The Hall–Kier alpha value is -1.05. The van der Waals surface area contributed by atoms with E-state index in [1.807, 2.05) is 38.1 Å². The monoisotopic (exact) mass is 339 g/mol. The van der Waals surface area contributed by atoms with Gasteiger partial charge in [-0.25, -0.2) is 0 Å². The lowest BCUT2D eigenvalue weighted by Crippen LogP contribution is -2.22. The van der Waals surface area contributed by atoms with Crippen molar-refractivity contribution in [2.24, 2.45) is 0 Å². The van der Waals surface area contributed by atoms with Crippen molar-refractivity contribution < 1.29 is 4.79 Å². The summed E-state index contributed by atoms with van der Waals surface area (Å²) in [6.45, 7) is 5.98. The molecule has 7 heteroatoms. The van der Waals surface area contributed by atoms with Gasteiger partial charge in [-0.15, -0.1) is 10.2 Å². The molecule has 2 aromatic rings. The summed E-state index contributed by atoms with van der Waals surface area (Å²) in [4.78, 5) is 12.2. The Kier molecular flexibility index (Phi) is 6.08. The first-order chi connectivity index (χ1) is 10.1. The maximum atomic E-state index is 12.2. The summed E-state index contributed by atoms with van der Waals surface area (Å²) in [7, 11) is 0. The zero-order valence-electron chi connectivity index (χ0n) is 12.1. The molecule has 1 N–H and O–H groups in total. The molecule has 21 heavy (non-hydrogen) atoms. The van der Waals surface area contributed by atoms with Gasteiger partial charge in [0.05, 0.1) is 5.25 Å². The maximum absolute atomic E-state index is 12.2. The highest BCUT2D eigenvalue weighted by atomic mass is 32.2. The van der Waals surface area contributed by atoms with Gasteiger partial charge in [-0.2, -0.15) is 0 Å². The van der Waals surface area contributed by atoms with Crippen LogP contribution in [0.5, 0.6) is 0 Å². The third kappa shape index (κ3) is 5.01. The first-order valence-electron chi connectivity index (χ1n) is 6.59. The van der Waals surface area contributed by atoms with E-state index in [2.05, 4.69) is 22.4 Å². The first kappa shape index (κ1) is 16.3. The Morgan fingerprint density at radius 3 is 2.62 bits per heavy atom. The van der Waals surface area contributed by atoms with Gasteiger partial charge in [0.15, 0.2) is 8.68 Å². The second-order valence-corrected chi connectivity index (χ2v) is 8.46. The molecule has 0 unspecified atom stereocenters. The van der Waals surface area contributed by atoms with E-state index in [9.17, 15) is 4.79 Å². The summed E-state index contributed by atoms with van der Waals surface area (Å²) in [6, 6.07) is 7.77. The van der Waals surface area contributed by atoms with Crippen LogP contribution in [0.2, 0.25) is 0 Å². The van der Waals surface area contributed by atoms with Gasteiger partial charge >= 0.3 is 0 Å². The van der Waals surface area contributed by atoms with E-state index >= 15 is 0 Å². The van der Waals surface area contributed by atoms with Crippen LogP contribution in [0.1, 0.15) is 19.4 Å². The molecule has 0 saturated carbocycles. The van der Waals surface area contributed by atoms with Crippen molar-refractivity contribution >= 4 is 46.5 Å². The minimum Gasteiger partial charge on any atom is -0.325 e. The zero-order chi connectivity index (χ0) is 15.2. The number of amides is 1. The number of nitrogens with one attached hydrogen (secondary N) is 1. The minimum atomic E-state index is -0.210. The largest absolute Gasteiger partial charge is 0.325 e. The van der Waals surface area contributed by atoms with Gasteiger partial charge in [0, 0.05) is 5.69 Å². The highest BCUT2D eigenvalue weighted by Gasteiger charge is 2.17. The fourth-order valence-electron chi connectivity index (χ4n) is 1.51. The van der Waals surface area contributed by atoms with Gasteiger partial charge in [-0.3, -0.25) is 4.79 Å². The van der Waals surface area contributed by atoms with Crippen molar-refractivity contribution in [3.8, 4) is 0 Å². The number of thioether (sulfide) groups is 2. The summed E-state index contributed by atoms with van der Waals surface area (Å²) in [5.41, 5.74) is 1.99. The number of hydrogen-bond donors (Lipinski definition) is 1. The van der Waals surface area contributed by atoms with E-state index < -0.39 is 0 Å². The van der Waals surface area contributed by atoms with Gasteiger partial charge in [-0.1, -0.05) is 59.5 Å². The van der Waals surface area contributed by atoms with Crippen LogP contribution in [0, 0.1) is 6.92 Å². The lowest BCUT2D eigenvalue weighted by molar-refractivity contribution is -0.115. The summed E-state index contributed by atoms with van der Waals surface area (Å²) in [5, 5.41) is 10.9. The summed E-state index contributed by atoms with van der Waals surface area (Å²) < 4.78 is 1.78. The molecule has 0 saturated heterocycles. The minimum absolute atomic E-state index is 0.0243. The van der Waals surface area contributed by atoms with Crippen LogP contribution < -0.4 is 5.32 Å². The first-order valence-corrected chi connectivity index (χ1v) is 9.27. The Labute approximate surface area is 137 Å². The number of aromatic nitrogens is 2. The average Bonchev–Trinajstić information content (AvgIpc) is 2.89. The van der Waals surface area contributed by atoms with Gasteiger partial charge < -0.3 is 5.32 Å². The summed E-state index contributed by atoms with van der Waals surface area (Å²) >= 11 is 4.64. The third-order valence-electron chi connectivity index (χ3n) is 2.62. The summed E-state index contributed by atoms with van der Waals surface area (Å²) in [6.07, 6.45) is 0. The lowest BCUT2D eigenvalue weighted by Gasteiger charge is -2.10. The van der Waals surface area contributed by atoms with Gasteiger partial charge in [0.2, 0.25) is 5.91 Å². The quantitative estimate of drug-likeness (QED) is 0.804. The van der Waals surface area contributed by atoms with Crippen molar-refractivity contribution in [3.05, 3.63) is 29.8 Å². The van der Waals surface area contributed by atoms with Gasteiger partial charge in [0.1, 0.15) is 0 Å². The fourth-order valence-corrected chi connectivity index (χ4v) is 4.57. The van der Waals surface area contributed by atoms with E-state index in [0.717, 1.165) is 20.1 Å². The molecule has 0 aliphatic rings. The summed E-state index contributed by atoms with van der Waals surface area (Å²) in [5.74, 6) is 0.951. The van der Waals surface area contributed by atoms with Crippen LogP contribution in [0.4, 0.5) is 5.69 Å². The van der Waals surface area contributed by atoms with Gasteiger partial charge in [-0.05, 0) is 31.7 Å². The number of benzene rings is 1. The molecular formula is C14H17N3OS3. The van der Waals surface area contributed by atoms with Crippen LogP contribution >= 0.6 is 34.9 Å². The highest BCUT2D eigenvalue weighted by molar-refractivity contribution is 8.03. The van der Waals surface area contributed by atoms with E-state index in [1.54, 1.807) is 11.8 Å². The molecule has 0 bridgehead atoms. The molecule has 2 rings (SSSR count). The zero-order valence-corrected chi connectivity index (χ0v) is 14.6. The number of carbonyl (C=O) groups is 1. The van der Waals surface area contributed by atoms with Crippen molar-refractivity contribution in [1.82, 2.24) is 10.2 Å². The molecule has 1 aromatic heterocycles. The molecule has 112 valence electrons. The molecule has 0 spiro atoms. The molecule has 0 fully saturated rings. The molecule has 0 radical (unpaired) electrons. The Morgan fingerprint density at radius 2 is 1.95 bits per heavy atom. The van der Waals surface area contributed by atoms with Crippen molar-refractivity contribution in [1.29, 1.82) is 0 Å². The van der Waals surface area contributed by atoms with E-state index in [1.165, 1.54) is 28.7 Å². The SMILES string of the molecule is CCSc1nnc(S[C@@H](C)C(=O)Nc2ccc(C)cc2)s1. The van der Waals surface area contributed by atoms with E-state index in [-0.39, 0.29) is 11.2 Å². The number of rotatable bonds is 6. The normalized spacial score (nSPS) is 12.1. The molecule has 0 aliphatic carbocycles. The standard InChI is InChI=1S/C14H17N3OS3/c1-4-19-13-16-17-14(21-13)20-10(3)12(18)15-11-7-5-9(2)6-8-11/h5-8,10H,4H2,1-3H3,(H,15,18)/t10-/m0/s1. The maximum Gasteiger partial charge on any atom is 0.237 e. The lowest BCUT2D eigenvalue weighted by atomic mass is 10.2. The number of carbonyl (C=O) groups excluding carboxylic acids is 1. The highest BCUT2D eigenvalue weighted by Crippen LogP contribution is 2.31. The second-order valence-electron chi connectivity index (χ2n) is 4.38. The van der Waals surface area contributed by atoms with Crippen LogP contribution in [-0.2, 0) is 4.79 Å². The number of nitrogens with zero attached hydrogens (tertiary/aromatic N) is 2. The topological polar surface area (TPSA) is 54.9 Å². The number of anilines is 1. The van der Waals surface area contributed by atoms with E-state index in [4.69, 9.17) is 0 Å². The Balaban J connectivity index is 1.90. The molecule has 0 aliphatic heterocycles. The smallest absolute Gasteiger partial charge is 0.237 e. The van der Waals surface area contributed by atoms with Crippen molar-refractivity contribution in [2.45, 2.75) is 34.7 Å². The second kappa shape index (κ2) is 7.82. The fraction of sp³-hybridized carbons (Fsp3) is 0.357. The number of hydrogen-bond acceptors (Lipinski definition) is 6.